The zero-order valence-electron chi connectivity index (χ0n) is 8.03. The zero-order valence-corrected chi connectivity index (χ0v) is 9.03. The highest BCUT2D eigenvalue weighted by molar-refractivity contribution is 6.54. The Morgan fingerprint density at radius 3 is 2.38 bits per heavy atom. The summed E-state index contributed by atoms with van der Waals surface area (Å²) in [6.45, 7) is 0. The summed E-state index contributed by atoms with van der Waals surface area (Å²) in [7, 11) is 0.634. The van der Waals surface area contributed by atoms with Crippen LogP contribution in [0.25, 0.3) is 0 Å². The summed E-state index contributed by atoms with van der Waals surface area (Å²) >= 11 is 0. The minimum absolute atomic E-state index is 0.781. The Labute approximate surface area is 81.0 Å². The van der Waals surface area contributed by atoms with Gasteiger partial charge in [-0.05, 0) is 49.3 Å². The molecule has 0 spiro atoms. The fourth-order valence-electron chi connectivity index (χ4n) is 1.12. The van der Waals surface area contributed by atoms with Crippen molar-refractivity contribution in [1.29, 1.82) is 0 Å². The molecule has 0 atom stereocenters. The van der Waals surface area contributed by atoms with Crippen molar-refractivity contribution in [2.45, 2.75) is 25.7 Å². The number of hydrogen-bond donors (Lipinski definition) is 0. The molecule has 0 N–H and O–H groups in total. The molecule has 2 aliphatic carbocycles. The van der Waals surface area contributed by atoms with E-state index in [-0.39, 0.29) is 0 Å². The van der Waals surface area contributed by atoms with Crippen LogP contribution in [0.15, 0.2) is 12.3 Å². The first-order chi connectivity index (χ1) is 6.38. The van der Waals surface area contributed by atoms with Crippen molar-refractivity contribution in [1.82, 2.24) is 0 Å². The van der Waals surface area contributed by atoms with E-state index in [1.165, 1.54) is 25.7 Å². The van der Waals surface area contributed by atoms with E-state index < -0.39 is 8.90 Å². The summed E-state index contributed by atoms with van der Waals surface area (Å²) in [5.41, 5.74) is 2.25. The van der Waals surface area contributed by atoms with Gasteiger partial charge in [-0.3, -0.25) is 0 Å². The van der Waals surface area contributed by atoms with Gasteiger partial charge < -0.3 is 8.85 Å². The molecule has 0 aromatic heterocycles. The van der Waals surface area contributed by atoms with Crippen molar-refractivity contribution >= 4 is 14.6 Å². The second-order valence-electron chi connectivity index (χ2n) is 3.81. The van der Waals surface area contributed by atoms with Gasteiger partial charge in [-0.15, -0.1) is 0 Å². The first-order valence-corrected chi connectivity index (χ1v) is 6.37. The maximum atomic E-state index is 5.54. The van der Waals surface area contributed by atoms with Crippen LogP contribution in [0.1, 0.15) is 25.7 Å². The summed E-state index contributed by atoms with van der Waals surface area (Å²) in [6, 6.07) is 0. The Balaban J connectivity index is 1.75. The van der Waals surface area contributed by atoms with Crippen molar-refractivity contribution in [3.05, 3.63) is 12.3 Å². The Bertz CT molecular complexity index is 227. The van der Waals surface area contributed by atoms with Gasteiger partial charge in [0, 0.05) is 0 Å². The Hall–Kier alpha value is -0.573. The molecule has 0 amide bonds. The molecule has 0 bridgehead atoms. The molecule has 0 saturated heterocycles. The SMILES string of the molecule is CO[Si](=CC1CC1)OC=CC1CC1. The lowest BCUT2D eigenvalue weighted by molar-refractivity contribution is 0.330. The molecular weight excluding hydrogens is 180 g/mol. The lowest BCUT2D eigenvalue weighted by Crippen LogP contribution is -2.11. The van der Waals surface area contributed by atoms with Crippen LogP contribution in [0.4, 0.5) is 0 Å². The summed E-state index contributed by atoms with van der Waals surface area (Å²) < 4.78 is 10.8. The van der Waals surface area contributed by atoms with E-state index in [0.29, 0.717) is 0 Å². The first kappa shape index (κ1) is 9.00. The fourth-order valence-corrected chi connectivity index (χ4v) is 2.36. The van der Waals surface area contributed by atoms with E-state index in [9.17, 15) is 0 Å². The van der Waals surface area contributed by atoms with Crippen LogP contribution >= 0.6 is 0 Å². The maximum absolute atomic E-state index is 5.54. The summed E-state index contributed by atoms with van der Waals surface area (Å²) in [5.74, 6) is 1.57. The second-order valence-corrected chi connectivity index (χ2v) is 5.43. The molecule has 72 valence electrons. The number of rotatable bonds is 5. The fraction of sp³-hybridized carbons (Fsp3) is 0.700. The Morgan fingerprint density at radius 2 is 1.85 bits per heavy atom. The molecule has 13 heavy (non-hydrogen) atoms. The molecular formula is C10H16O2Si. The van der Waals surface area contributed by atoms with Crippen LogP contribution in [0.3, 0.4) is 0 Å². The van der Waals surface area contributed by atoms with Gasteiger partial charge in [-0.2, -0.15) is 0 Å². The van der Waals surface area contributed by atoms with E-state index in [2.05, 4.69) is 11.7 Å². The molecule has 2 fully saturated rings. The van der Waals surface area contributed by atoms with Crippen molar-refractivity contribution in [3.63, 3.8) is 0 Å². The molecule has 0 aromatic carbocycles. The molecule has 0 heterocycles. The molecule has 2 rings (SSSR count). The lowest BCUT2D eigenvalue weighted by atomic mass is 10.4. The van der Waals surface area contributed by atoms with Crippen molar-refractivity contribution in [3.8, 4) is 0 Å². The smallest absolute Gasteiger partial charge is 0.480 e. The van der Waals surface area contributed by atoms with E-state index in [0.717, 1.165) is 11.8 Å². The van der Waals surface area contributed by atoms with Gasteiger partial charge in [-0.25, -0.2) is 0 Å². The maximum Gasteiger partial charge on any atom is 0.480 e. The largest absolute Gasteiger partial charge is 0.526 e. The van der Waals surface area contributed by atoms with E-state index in [1.807, 2.05) is 6.26 Å². The number of allylic oxidation sites excluding steroid dienone is 1. The number of hydrogen-bond acceptors (Lipinski definition) is 2. The monoisotopic (exact) mass is 196 g/mol. The van der Waals surface area contributed by atoms with Crippen LogP contribution in [0.2, 0.25) is 0 Å². The highest BCUT2D eigenvalue weighted by Gasteiger charge is 2.21. The summed E-state index contributed by atoms with van der Waals surface area (Å²) in [4.78, 5) is 0. The Morgan fingerprint density at radius 1 is 1.15 bits per heavy atom. The molecule has 0 unspecified atom stereocenters. The van der Waals surface area contributed by atoms with Gasteiger partial charge in [0.1, 0.15) is 0 Å². The summed E-state index contributed by atoms with van der Waals surface area (Å²) in [5, 5.41) is 0. The predicted octanol–water partition coefficient (Wildman–Crippen LogP) is 1.86. The molecule has 3 heteroatoms. The molecule has 0 aromatic rings. The third-order valence-electron chi connectivity index (χ3n) is 2.35. The van der Waals surface area contributed by atoms with Gasteiger partial charge in [0.15, 0.2) is 0 Å². The topological polar surface area (TPSA) is 18.5 Å². The predicted molar refractivity (Wildman–Crippen MR) is 54.5 cm³/mol. The van der Waals surface area contributed by atoms with Crippen LogP contribution in [0.5, 0.6) is 0 Å². The minimum Gasteiger partial charge on any atom is -0.526 e. The average Bonchev–Trinajstić information content (AvgIpc) is 2.97. The standard InChI is InChI=1S/C10H16O2Si/c1-11-13(8-10-4-5-10)12-7-6-9-2-3-9/h6-10H,2-5H2,1H3. The zero-order chi connectivity index (χ0) is 9.10. The molecule has 0 radical (unpaired) electrons. The molecule has 0 aliphatic heterocycles. The van der Waals surface area contributed by atoms with Gasteiger partial charge in [0.25, 0.3) is 0 Å². The third-order valence-corrected chi connectivity index (χ3v) is 3.87. The van der Waals surface area contributed by atoms with E-state index >= 15 is 0 Å². The quantitative estimate of drug-likeness (QED) is 0.493. The van der Waals surface area contributed by atoms with Gasteiger partial charge in [-0.1, -0.05) is 0 Å². The van der Waals surface area contributed by atoms with Crippen molar-refractivity contribution in [2.24, 2.45) is 11.8 Å². The van der Waals surface area contributed by atoms with Gasteiger partial charge in [0.05, 0.1) is 13.4 Å². The molecule has 2 saturated carbocycles. The average molecular weight is 196 g/mol. The molecule has 2 nitrogen and oxygen atoms in total. The van der Waals surface area contributed by atoms with Crippen LogP contribution in [-0.4, -0.2) is 21.7 Å². The minimum atomic E-state index is -1.10. The van der Waals surface area contributed by atoms with E-state index in [4.69, 9.17) is 8.85 Å². The highest BCUT2D eigenvalue weighted by Crippen LogP contribution is 2.30. The van der Waals surface area contributed by atoms with Crippen LogP contribution in [0, 0.1) is 11.8 Å². The Kier molecular flexibility index (Phi) is 2.83. The third kappa shape index (κ3) is 3.34. The van der Waals surface area contributed by atoms with Crippen molar-refractivity contribution < 1.29 is 8.85 Å². The lowest BCUT2D eigenvalue weighted by Gasteiger charge is -2.01. The normalized spacial score (nSPS) is 23.6. The van der Waals surface area contributed by atoms with Crippen LogP contribution < -0.4 is 0 Å². The summed E-state index contributed by atoms with van der Waals surface area (Å²) in [6.07, 6.45) is 9.32. The van der Waals surface area contributed by atoms with Crippen molar-refractivity contribution in [2.75, 3.05) is 7.11 Å². The molecule has 2 aliphatic rings. The van der Waals surface area contributed by atoms with E-state index in [1.54, 1.807) is 7.11 Å². The highest BCUT2D eigenvalue weighted by atomic mass is 28.3. The van der Waals surface area contributed by atoms with Gasteiger partial charge >= 0.3 is 8.90 Å². The van der Waals surface area contributed by atoms with Crippen LogP contribution in [-0.2, 0) is 8.85 Å². The second kappa shape index (κ2) is 4.09. The van der Waals surface area contributed by atoms with Gasteiger partial charge in [0.2, 0.25) is 0 Å². The first-order valence-electron chi connectivity index (χ1n) is 4.97.